The van der Waals surface area contributed by atoms with Gasteiger partial charge in [-0.1, -0.05) is 36.0 Å². The molecule has 0 heterocycles. The van der Waals surface area contributed by atoms with Crippen molar-refractivity contribution in [3.05, 3.63) is 27.7 Å². The van der Waals surface area contributed by atoms with Crippen LogP contribution in [0, 0.1) is 0 Å². The summed E-state index contributed by atoms with van der Waals surface area (Å²) in [6.07, 6.45) is 0. The second-order valence-corrected chi connectivity index (χ2v) is 3.37. The van der Waals surface area contributed by atoms with Gasteiger partial charge in [-0.15, -0.1) is 0 Å². The maximum atomic E-state index is 9.20. The Kier molecular flexibility index (Phi) is 3.53. The topological polar surface area (TPSA) is 32.3 Å². The van der Waals surface area contributed by atoms with Crippen LogP contribution in [0.15, 0.2) is 12.1 Å². The Bertz CT molecular complexity index is 270. The predicted octanol–water partition coefficient (Wildman–Crippen LogP) is 2.63. The van der Waals surface area contributed by atoms with E-state index in [-0.39, 0.29) is 15.8 Å². The third-order valence-electron chi connectivity index (χ3n) is 1.36. The smallest absolute Gasteiger partial charge is 0.152 e. The zero-order valence-electron chi connectivity index (χ0n) is 6.01. The number of rotatable bonds is 2. The van der Waals surface area contributed by atoms with Gasteiger partial charge >= 0.3 is 0 Å². The fraction of sp³-hybridized carbons (Fsp3) is 0.143. The van der Waals surface area contributed by atoms with Gasteiger partial charge in [-0.05, 0) is 17.7 Å². The average Bonchev–Trinajstić information content (AvgIpc) is 2.01. The highest BCUT2D eigenvalue weighted by molar-refractivity contribution is 7.78. The average molecular weight is 224 g/mol. The molecule has 0 saturated heterocycles. The van der Waals surface area contributed by atoms with Gasteiger partial charge in [-0.3, -0.25) is 4.72 Å². The van der Waals surface area contributed by atoms with Crippen molar-refractivity contribution in [2.24, 2.45) is 0 Å². The summed E-state index contributed by atoms with van der Waals surface area (Å²) in [5.41, 5.74) is 0.873. The molecule has 0 fully saturated rings. The Labute approximate surface area is 86.0 Å². The summed E-state index contributed by atoms with van der Waals surface area (Å²) >= 11 is 15.2. The Hall–Kier alpha value is -0.0900. The van der Waals surface area contributed by atoms with Gasteiger partial charge in [-0.2, -0.15) is 0 Å². The lowest BCUT2D eigenvalue weighted by atomic mass is 10.2. The van der Waals surface area contributed by atoms with Crippen LogP contribution in [0.5, 0.6) is 5.75 Å². The number of nitrogens with one attached hydrogen (secondary N) is 1. The number of aromatic hydroxyl groups is 1. The molecule has 0 amide bonds. The molecule has 1 rings (SSSR count). The van der Waals surface area contributed by atoms with Gasteiger partial charge in [0.2, 0.25) is 0 Å². The minimum Gasteiger partial charge on any atom is -0.505 e. The molecule has 0 aliphatic carbocycles. The second-order valence-electron chi connectivity index (χ2n) is 2.24. The van der Waals surface area contributed by atoms with E-state index in [1.807, 2.05) is 0 Å². The molecule has 0 saturated carbocycles. The van der Waals surface area contributed by atoms with Crippen LogP contribution in [0.4, 0.5) is 0 Å². The summed E-state index contributed by atoms with van der Waals surface area (Å²) in [6.45, 7) is 0.544. The first-order valence-corrected chi connectivity index (χ1v) is 4.39. The summed E-state index contributed by atoms with van der Waals surface area (Å²) in [5, 5.41) is 9.70. The quantitative estimate of drug-likeness (QED) is 0.674. The van der Waals surface area contributed by atoms with E-state index < -0.39 is 0 Å². The summed E-state index contributed by atoms with van der Waals surface area (Å²) < 4.78 is 2.65. The van der Waals surface area contributed by atoms with Gasteiger partial charge in [0.05, 0.1) is 10.0 Å². The van der Waals surface area contributed by atoms with E-state index in [9.17, 15) is 5.11 Å². The fourth-order valence-corrected chi connectivity index (χ4v) is 1.53. The maximum absolute atomic E-state index is 9.20. The van der Waals surface area contributed by atoms with Gasteiger partial charge < -0.3 is 5.11 Å². The maximum Gasteiger partial charge on any atom is 0.152 e. The fourth-order valence-electron chi connectivity index (χ4n) is 0.811. The normalized spacial score (nSPS) is 10.2. The lowest BCUT2D eigenvalue weighted by Crippen LogP contribution is -1.98. The SMILES string of the molecule is Oc1c(Cl)cc(CNS)cc1Cl. The van der Waals surface area contributed by atoms with Crippen molar-refractivity contribution in [3.63, 3.8) is 0 Å². The largest absolute Gasteiger partial charge is 0.505 e. The third kappa shape index (κ3) is 2.20. The van der Waals surface area contributed by atoms with Crippen LogP contribution in [-0.4, -0.2) is 5.11 Å². The van der Waals surface area contributed by atoms with E-state index in [0.29, 0.717) is 6.54 Å². The summed E-state index contributed by atoms with van der Waals surface area (Å²) in [6, 6.07) is 3.26. The van der Waals surface area contributed by atoms with Crippen molar-refractivity contribution in [1.82, 2.24) is 4.72 Å². The molecule has 0 spiro atoms. The van der Waals surface area contributed by atoms with E-state index in [2.05, 4.69) is 17.5 Å². The van der Waals surface area contributed by atoms with Gasteiger partial charge in [0.15, 0.2) is 5.75 Å². The van der Waals surface area contributed by atoms with Crippen molar-refractivity contribution >= 4 is 36.0 Å². The molecular formula is C7H7Cl2NOS. The Balaban J connectivity index is 3.04. The number of hydrogen-bond acceptors (Lipinski definition) is 3. The van der Waals surface area contributed by atoms with Gasteiger partial charge in [0.1, 0.15) is 0 Å². The number of hydrogen-bond donors (Lipinski definition) is 3. The van der Waals surface area contributed by atoms with Crippen LogP contribution >= 0.6 is 36.0 Å². The molecule has 5 heteroatoms. The molecule has 1 aromatic rings. The molecule has 0 unspecified atom stereocenters. The number of benzene rings is 1. The van der Waals surface area contributed by atoms with Gasteiger partial charge in [-0.25, -0.2) is 0 Å². The standard InChI is InChI=1S/C7H7Cl2NOS/c8-5-1-4(3-10-12)2-6(9)7(5)11/h1-2,10-12H,3H2. The van der Waals surface area contributed by atoms with Crippen LogP contribution in [0.25, 0.3) is 0 Å². The van der Waals surface area contributed by atoms with Crippen LogP contribution in [0.3, 0.4) is 0 Å². The van der Waals surface area contributed by atoms with E-state index in [4.69, 9.17) is 23.2 Å². The molecule has 1 aromatic carbocycles. The van der Waals surface area contributed by atoms with Crippen LogP contribution in [0.2, 0.25) is 10.0 Å². The second kappa shape index (κ2) is 4.23. The molecule has 0 aliphatic rings. The Morgan fingerprint density at radius 2 is 1.83 bits per heavy atom. The van der Waals surface area contributed by atoms with E-state index in [1.165, 1.54) is 0 Å². The Morgan fingerprint density at radius 3 is 2.25 bits per heavy atom. The molecule has 0 radical (unpaired) electrons. The van der Waals surface area contributed by atoms with E-state index in [1.54, 1.807) is 12.1 Å². The Morgan fingerprint density at radius 1 is 1.33 bits per heavy atom. The summed E-state index contributed by atoms with van der Waals surface area (Å²) in [5.74, 6) is -0.0822. The monoisotopic (exact) mass is 223 g/mol. The first kappa shape index (κ1) is 9.99. The molecule has 2 nitrogen and oxygen atoms in total. The highest BCUT2D eigenvalue weighted by Crippen LogP contribution is 2.32. The van der Waals surface area contributed by atoms with Crippen molar-refractivity contribution in [2.45, 2.75) is 6.54 Å². The third-order valence-corrected chi connectivity index (χ3v) is 2.09. The lowest BCUT2D eigenvalue weighted by Gasteiger charge is -2.03. The zero-order chi connectivity index (χ0) is 9.14. The first-order chi connectivity index (χ1) is 5.65. The van der Waals surface area contributed by atoms with Gasteiger partial charge in [0, 0.05) is 6.54 Å². The molecule has 0 aromatic heterocycles. The molecule has 12 heavy (non-hydrogen) atoms. The van der Waals surface area contributed by atoms with E-state index >= 15 is 0 Å². The number of thiol groups is 1. The molecule has 2 N–H and O–H groups in total. The van der Waals surface area contributed by atoms with Crippen molar-refractivity contribution in [1.29, 1.82) is 0 Å². The van der Waals surface area contributed by atoms with Crippen LogP contribution in [-0.2, 0) is 6.54 Å². The minimum absolute atomic E-state index is 0.0822. The molecule has 0 aliphatic heterocycles. The molecule has 0 bridgehead atoms. The predicted molar refractivity (Wildman–Crippen MR) is 54.0 cm³/mol. The highest BCUT2D eigenvalue weighted by Gasteiger charge is 2.05. The van der Waals surface area contributed by atoms with Crippen molar-refractivity contribution in [3.8, 4) is 5.75 Å². The van der Waals surface area contributed by atoms with Crippen LogP contribution < -0.4 is 4.72 Å². The first-order valence-electron chi connectivity index (χ1n) is 3.19. The molecule has 66 valence electrons. The number of halogens is 2. The molecular weight excluding hydrogens is 217 g/mol. The highest BCUT2D eigenvalue weighted by atomic mass is 35.5. The van der Waals surface area contributed by atoms with Crippen molar-refractivity contribution < 1.29 is 5.11 Å². The lowest BCUT2D eigenvalue weighted by molar-refractivity contribution is 0.475. The summed E-state index contributed by atoms with van der Waals surface area (Å²) in [4.78, 5) is 0. The van der Waals surface area contributed by atoms with Gasteiger partial charge in [0.25, 0.3) is 0 Å². The van der Waals surface area contributed by atoms with E-state index in [0.717, 1.165) is 5.56 Å². The minimum atomic E-state index is -0.0822. The van der Waals surface area contributed by atoms with Crippen molar-refractivity contribution in [2.75, 3.05) is 0 Å². The zero-order valence-corrected chi connectivity index (χ0v) is 8.42. The number of phenols is 1. The number of phenolic OH excluding ortho intramolecular Hbond substituents is 1. The van der Waals surface area contributed by atoms with Crippen LogP contribution in [0.1, 0.15) is 5.56 Å². The summed E-state index contributed by atoms with van der Waals surface area (Å²) in [7, 11) is 0. The molecule has 0 atom stereocenters.